The van der Waals surface area contributed by atoms with E-state index >= 15 is 0 Å². The van der Waals surface area contributed by atoms with Crippen LogP contribution in [0.5, 0.6) is 0 Å². The van der Waals surface area contributed by atoms with Gasteiger partial charge in [0, 0.05) is 37.2 Å². The van der Waals surface area contributed by atoms with Crippen molar-refractivity contribution in [1.29, 1.82) is 0 Å². The van der Waals surface area contributed by atoms with Crippen molar-refractivity contribution >= 4 is 29.0 Å². The third-order valence-corrected chi connectivity index (χ3v) is 3.31. The number of ketones is 1. The number of ether oxygens (including phenoxy) is 1. The van der Waals surface area contributed by atoms with E-state index in [-0.39, 0.29) is 11.5 Å². The van der Waals surface area contributed by atoms with Crippen LogP contribution in [0.2, 0.25) is 0 Å². The summed E-state index contributed by atoms with van der Waals surface area (Å²) in [6.07, 6.45) is 1.42. The predicted octanol–water partition coefficient (Wildman–Crippen LogP) is 2.08. The second-order valence-corrected chi connectivity index (χ2v) is 5.42. The molecular weight excluding hydrogens is 310 g/mol. The third-order valence-electron chi connectivity index (χ3n) is 3.31. The van der Waals surface area contributed by atoms with Crippen LogP contribution in [0.1, 0.15) is 27.8 Å². The molecule has 126 valence electrons. The molecule has 0 aliphatic heterocycles. The topological polar surface area (TPSA) is 91.5 Å². The molecule has 24 heavy (non-hydrogen) atoms. The van der Waals surface area contributed by atoms with Gasteiger partial charge in [-0.3, -0.25) is 9.59 Å². The van der Waals surface area contributed by atoms with E-state index in [9.17, 15) is 14.4 Å². The Morgan fingerprint density at radius 2 is 1.83 bits per heavy atom. The molecule has 0 aliphatic rings. The molecule has 7 nitrogen and oxygen atoms in total. The van der Waals surface area contributed by atoms with E-state index in [4.69, 9.17) is 4.74 Å². The van der Waals surface area contributed by atoms with Crippen LogP contribution in [0, 0.1) is 0 Å². The van der Waals surface area contributed by atoms with Crippen LogP contribution in [-0.4, -0.2) is 43.3 Å². The number of nitrogens with one attached hydrogen (secondary N) is 2. The van der Waals surface area contributed by atoms with Crippen LogP contribution < -0.4 is 10.2 Å². The minimum Gasteiger partial charge on any atom is -0.451 e. The van der Waals surface area contributed by atoms with Crippen molar-refractivity contribution in [3.8, 4) is 0 Å². The average molecular weight is 329 g/mol. The quantitative estimate of drug-likeness (QED) is 0.625. The number of hydrogen-bond acceptors (Lipinski definition) is 5. The minimum atomic E-state index is -0.694. The summed E-state index contributed by atoms with van der Waals surface area (Å²) in [6.45, 7) is 0.982. The summed E-state index contributed by atoms with van der Waals surface area (Å²) in [7, 11) is 3.84. The molecule has 2 rings (SSSR count). The summed E-state index contributed by atoms with van der Waals surface area (Å²) >= 11 is 0. The second kappa shape index (κ2) is 7.45. The second-order valence-electron chi connectivity index (χ2n) is 5.42. The maximum Gasteiger partial charge on any atom is 0.355 e. The van der Waals surface area contributed by atoms with Gasteiger partial charge in [-0.15, -0.1) is 0 Å². The van der Waals surface area contributed by atoms with Gasteiger partial charge < -0.3 is 19.9 Å². The van der Waals surface area contributed by atoms with Crippen molar-refractivity contribution < 1.29 is 19.1 Å². The Morgan fingerprint density at radius 3 is 2.38 bits per heavy atom. The van der Waals surface area contributed by atoms with Crippen LogP contribution in [0.25, 0.3) is 0 Å². The summed E-state index contributed by atoms with van der Waals surface area (Å²) in [6, 6.07) is 8.65. The molecule has 0 atom stereocenters. The number of esters is 1. The number of aromatic nitrogens is 1. The number of benzene rings is 1. The van der Waals surface area contributed by atoms with E-state index in [1.165, 1.54) is 19.2 Å². The molecule has 0 fully saturated rings. The molecule has 0 spiro atoms. The molecule has 0 unspecified atom stereocenters. The monoisotopic (exact) mass is 329 g/mol. The van der Waals surface area contributed by atoms with Crippen LogP contribution in [0.4, 0.5) is 11.4 Å². The van der Waals surface area contributed by atoms with Gasteiger partial charge in [0.25, 0.3) is 5.91 Å². The Bertz CT molecular complexity index is 747. The van der Waals surface area contributed by atoms with Crippen molar-refractivity contribution in [3.05, 3.63) is 47.8 Å². The first kappa shape index (κ1) is 17.3. The first-order valence-electron chi connectivity index (χ1n) is 7.30. The number of hydrogen-bond donors (Lipinski definition) is 2. The molecule has 0 radical (unpaired) electrons. The molecule has 0 bridgehead atoms. The minimum absolute atomic E-state index is 0.128. The van der Waals surface area contributed by atoms with E-state index < -0.39 is 18.5 Å². The number of aromatic amines is 1. The summed E-state index contributed by atoms with van der Waals surface area (Å²) < 4.78 is 4.92. The normalized spacial score (nSPS) is 10.1. The van der Waals surface area contributed by atoms with Crippen LogP contribution in [0.3, 0.4) is 0 Å². The highest BCUT2D eigenvalue weighted by molar-refractivity contribution is 5.98. The Hall–Kier alpha value is -3.09. The van der Waals surface area contributed by atoms with Crippen LogP contribution in [0.15, 0.2) is 36.5 Å². The highest BCUT2D eigenvalue weighted by atomic mass is 16.5. The molecule has 1 amide bonds. The molecule has 0 saturated carbocycles. The average Bonchev–Trinajstić information content (AvgIpc) is 3.03. The number of anilines is 2. The largest absolute Gasteiger partial charge is 0.451 e. The lowest BCUT2D eigenvalue weighted by molar-refractivity contribution is -0.119. The van der Waals surface area contributed by atoms with Crippen LogP contribution in [-0.2, 0) is 9.53 Å². The summed E-state index contributed by atoms with van der Waals surface area (Å²) in [5.41, 5.74) is 2.13. The number of H-pyrrole nitrogens is 1. The Labute approximate surface area is 139 Å². The molecule has 0 saturated heterocycles. The molecule has 2 N–H and O–H groups in total. The highest BCUT2D eigenvalue weighted by Gasteiger charge is 2.14. The number of amides is 1. The summed E-state index contributed by atoms with van der Waals surface area (Å²) in [5.74, 6) is -1.30. The number of carbonyl (C=O) groups is 3. The van der Waals surface area contributed by atoms with E-state index in [1.807, 2.05) is 31.1 Å². The first-order valence-corrected chi connectivity index (χ1v) is 7.30. The fourth-order valence-electron chi connectivity index (χ4n) is 1.96. The molecule has 0 aliphatic carbocycles. The van der Waals surface area contributed by atoms with E-state index in [1.54, 1.807) is 12.1 Å². The number of Topliss-reactive ketones (excluding diaryl/α,β-unsaturated/α-hetero) is 1. The van der Waals surface area contributed by atoms with E-state index in [0.29, 0.717) is 11.3 Å². The molecule has 1 aromatic heterocycles. The van der Waals surface area contributed by atoms with Gasteiger partial charge in [-0.1, -0.05) is 0 Å². The molecule has 2 aromatic rings. The van der Waals surface area contributed by atoms with Gasteiger partial charge in [-0.05, 0) is 37.3 Å². The summed E-state index contributed by atoms with van der Waals surface area (Å²) in [4.78, 5) is 39.4. The Balaban J connectivity index is 1.85. The van der Waals surface area contributed by atoms with Gasteiger partial charge in [0.15, 0.2) is 12.4 Å². The smallest absolute Gasteiger partial charge is 0.355 e. The molecule has 7 heteroatoms. The number of rotatable bonds is 6. The lowest BCUT2D eigenvalue weighted by Crippen LogP contribution is -2.21. The molecule has 1 heterocycles. The van der Waals surface area contributed by atoms with Gasteiger partial charge in [-0.25, -0.2) is 4.79 Å². The SMILES string of the molecule is CC(=O)c1c[nH]c(C(=O)OCC(=O)Nc2ccc(N(C)C)cc2)c1. The van der Waals surface area contributed by atoms with Crippen LogP contribution >= 0.6 is 0 Å². The van der Waals surface area contributed by atoms with Crippen molar-refractivity contribution in [3.63, 3.8) is 0 Å². The lowest BCUT2D eigenvalue weighted by atomic mass is 10.2. The molecular formula is C17H19N3O4. The Kier molecular flexibility index (Phi) is 5.36. The van der Waals surface area contributed by atoms with Gasteiger partial charge in [0.05, 0.1) is 0 Å². The standard InChI is InChI=1S/C17H19N3O4/c1-11(21)12-8-15(18-9-12)17(23)24-10-16(22)19-13-4-6-14(7-5-13)20(2)3/h4-9,18H,10H2,1-3H3,(H,19,22). The fraction of sp³-hybridized carbons (Fsp3) is 0.235. The zero-order valence-corrected chi connectivity index (χ0v) is 13.8. The predicted molar refractivity (Wildman–Crippen MR) is 90.5 cm³/mol. The van der Waals surface area contributed by atoms with Crippen molar-refractivity contribution in [1.82, 2.24) is 4.98 Å². The maximum atomic E-state index is 11.8. The van der Waals surface area contributed by atoms with E-state index in [2.05, 4.69) is 10.3 Å². The van der Waals surface area contributed by atoms with Gasteiger partial charge >= 0.3 is 5.97 Å². The summed E-state index contributed by atoms with van der Waals surface area (Å²) in [5, 5.41) is 2.64. The zero-order chi connectivity index (χ0) is 17.7. The zero-order valence-electron chi connectivity index (χ0n) is 13.8. The number of carbonyl (C=O) groups excluding carboxylic acids is 3. The van der Waals surface area contributed by atoms with Gasteiger partial charge in [-0.2, -0.15) is 0 Å². The Morgan fingerprint density at radius 1 is 1.17 bits per heavy atom. The van der Waals surface area contributed by atoms with Crippen molar-refractivity contribution in [2.45, 2.75) is 6.92 Å². The van der Waals surface area contributed by atoms with Gasteiger partial charge in [0.1, 0.15) is 5.69 Å². The van der Waals surface area contributed by atoms with Crippen molar-refractivity contribution in [2.75, 3.05) is 30.9 Å². The lowest BCUT2D eigenvalue weighted by Gasteiger charge is -2.13. The van der Waals surface area contributed by atoms with Gasteiger partial charge in [0.2, 0.25) is 0 Å². The maximum absolute atomic E-state index is 11.8. The third kappa shape index (κ3) is 4.45. The van der Waals surface area contributed by atoms with Crippen molar-refractivity contribution in [2.24, 2.45) is 0 Å². The molecule has 1 aromatic carbocycles. The first-order chi connectivity index (χ1) is 11.4. The highest BCUT2D eigenvalue weighted by Crippen LogP contribution is 2.15. The van der Waals surface area contributed by atoms with E-state index in [0.717, 1.165) is 5.69 Å². The number of nitrogens with zero attached hydrogens (tertiary/aromatic N) is 1. The fourth-order valence-corrected chi connectivity index (χ4v) is 1.96.